The van der Waals surface area contributed by atoms with Gasteiger partial charge in [-0.3, -0.25) is 4.90 Å². The largest absolute Gasteiger partial charge is 0.480 e. The van der Waals surface area contributed by atoms with Crippen molar-refractivity contribution in [2.24, 2.45) is 0 Å². The average molecular weight is 237 g/mol. The number of hydrogen-bond acceptors (Lipinski definition) is 3. The zero-order valence-corrected chi connectivity index (χ0v) is 9.79. The number of amides is 1. The van der Waals surface area contributed by atoms with Gasteiger partial charge in [-0.1, -0.05) is 30.3 Å². The first-order valence-corrected chi connectivity index (χ1v) is 5.13. The highest BCUT2D eigenvalue weighted by atomic mass is 16.5. The molecule has 1 aromatic rings. The SMILES string of the molecule is COC(=O)N(C)[C@@H](Cc1ccccc1)C(=O)O. The Morgan fingerprint density at radius 3 is 2.41 bits per heavy atom. The lowest BCUT2D eigenvalue weighted by atomic mass is 10.1. The number of likely N-dealkylation sites (N-methyl/N-ethyl adjacent to an activating group) is 1. The van der Waals surface area contributed by atoms with Gasteiger partial charge < -0.3 is 9.84 Å². The van der Waals surface area contributed by atoms with E-state index in [1.165, 1.54) is 14.2 Å². The van der Waals surface area contributed by atoms with E-state index in [-0.39, 0.29) is 6.42 Å². The Morgan fingerprint density at radius 2 is 1.94 bits per heavy atom. The van der Waals surface area contributed by atoms with E-state index in [1.54, 1.807) is 0 Å². The summed E-state index contributed by atoms with van der Waals surface area (Å²) in [5.74, 6) is -1.05. The Balaban J connectivity index is 2.81. The molecule has 0 saturated heterocycles. The van der Waals surface area contributed by atoms with Crippen LogP contribution >= 0.6 is 0 Å². The van der Waals surface area contributed by atoms with Crippen LogP contribution in [-0.4, -0.2) is 42.3 Å². The van der Waals surface area contributed by atoms with Crippen molar-refractivity contribution in [1.82, 2.24) is 4.90 Å². The highest BCUT2D eigenvalue weighted by molar-refractivity contribution is 5.80. The fraction of sp³-hybridized carbons (Fsp3) is 0.333. The molecule has 0 heterocycles. The van der Waals surface area contributed by atoms with Crippen LogP contribution in [0.15, 0.2) is 30.3 Å². The Labute approximate surface area is 99.6 Å². The molecule has 5 nitrogen and oxygen atoms in total. The summed E-state index contributed by atoms with van der Waals surface area (Å²) in [7, 11) is 2.63. The number of carboxylic acids is 1. The summed E-state index contributed by atoms with van der Waals surface area (Å²) in [4.78, 5) is 23.5. The highest BCUT2D eigenvalue weighted by Crippen LogP contribution is 2.09. The van der Waals surface area contributed by atoms with Gasteiger partial charge in [-0.2, -0.15) is 0 Å². The van der Waals surface area contributed by atoms with Crippen LogP contribution in [0.4, 0.5) is 4.79 Å². The van der Waals surface area contributed by atoms with Crippen LogP contribution in [0.5, 0.6) is 0 Å². The predicted octanol–water partition coefficient (Wildman–Crippen LogP) is 1.38. The Bertz CT molecular complexity index is 391. The number of aliphatic carboxylic acids is 1. The van der Waals surface area contributed by atoms with E-state index in [0.717, 1.165) is 10.5 Å². The number of rotatable bonds is 4. The summed E-state index contributed by atoms with van der Waals surface area (Å²) in [6.07, 6.45) is -0.407. The molecule has 1 N–H and O–H groups in total. The van der Waals surface area contributed by atoms with Crippen molar-refractivity contribution in [1.29, 1.82) is 0 Å². The molecule has 17 heavy (non-hydrogen) atoms. The van der Waals surface area contributed by atoms with Crippen molar-refractivity contribution in [2.45, 2.75) is 12.5 Å². The number of nitrogens with zero attached hydrogens (tertiary/aromatic N) is 1. The lowest BCUT2D eigenvalue weighted by Gasteiger charge is -2.23. The summed E-state index contributed by atoms with van der Waals surface area (Å²) in [6, 6.07) is 8.22. The van der Waals surface area contributed by atoms with Crippen molar-refractivity contribution in [3.8, 4) is 0 Å². The normalized spacial score (nSPS) is 11.6. The highest BCUT2D eigenvalue weighted by Gasteiger charge is 2.27. The Hall–Kier alpha value is -2.04. The quantitative estimate of drug-likeness (QED) is 0.859. The standard InChI is InChI=1S/C12H15NO4/c1-13(12(16)17-2)10(11(14)15)8-9-6-4-3-5-7-9/h3-7,10H,8H2,1-2H3,(H,14,15)/t10-/m0/s1. The molecule has 0 fully saturated rings. The molecule has 0 saturated carbocycles. The smallest absolute Gasteiger partial charge is 0.409 e. The molecule has 1 amide bonds. The summed E-state index contributed by atoms with van der Waals surface area (Å²) in [6.45, 7) is 0. The maximum atomic E-state index is 11.3. The fourth-order valence-corrected chi connectivity index (χ4v) is 1.50. The molecule has 0 unspecified atom stereocenters. The third-order valence-electron chi connectivity index (χ3n) is 2.49. The van der Waals surface area contributed by atoms with Gasteiger partial charge in [0.25, 0.3) is 0 Å². The molecule has 92 valence electrons. The van der Waals surface area contributed by atoms with E-state index in [1.807, 2.05) is 30.3 Å². The fourth-order valence-electron chi connectivity index (χ4n) is 1.50. The molecule has 0 bridgehead atoms. The maximum absolute atomic E-state index is 11.3. The van der Waals surface area contributed by atoms with E-state index >= 15 is 0 Å². The molecule has 0 aliphatic heterocycles. The second kappa shape index (κ2) is 5.89. The first-order chi connectivity index (χ1) is 8.06. The van der Waals surface area contributed by atoms with Gasteiger partial charge in [-0.15, -0.1) is 0 Å². The number of methoxy groups -OCH3 is 1. The second-order valence-corrected chi connectivity index (χ2v) is 3.62. The first-order valence-electron chi connectivity index (χ1n) is 5.13. The van der Waals surface area contributed by atoms with Crippen molar-refractivity contribution in [3.63, 3.8) is 0 Å². The van der Waals surface area contributed by atoms with Crippen LogP contribution in [-0.2, 0) is 16.0 Å². The van der Waals surface area contributed by atoms with E-state index in [2.05, 4.69) is 4.74 Å². The van der Waals surface area contributed by atoms with Crippen LogP contribution in [0, 0.1) is 0 Å². The van der Waals surface area contributed by atoms with Gasteiger partial charge in [0.05, 0.1) is 7.11 Å². The van der Waals surface area contributed by atoms with Gasteiger partial charge in [-0.25, -0.2) is 9.59 Å². The number of carbonyl (C=O) groups excluding carboxylic acids is 1. The number of carbonyl (C=O) groups is 2. The molecular formula is C12H15NO4. The van der Waals surface area contributed by atoms with Crippen LogP contribution in [0.25, 0.3) is 0 Å². The molecular weight excluding hydrogens is 222 g/mol. The number of carboxylic acid groups (broad SMARTS) is 1. The Morgan fingerprint density at radius 1 is 1.35 bits per heavy atom. The van der Waals surface area contributed by atoms with Crippen LogP contribution in [0.3, 0.4) is 0 Å². The summed E-state index contributed by atoms with van der Waals surface area (Å²) < 4.78 is 4.50. The minimum atomic E-state index is -1.05. The van der Waals surface area contributed by atoms with Crippen LogP contribution in [0.2, 0.25) is 0 Å². The lowest BCUT2D eigenvalue weighted by molar-refractivity contribution is -0.142. The van der Waals surface area contributed by atoms with Crippen LogP contribution < -0.4 is 0 Å². The van der Waals surface area contributed by atoms with Crippen molar-refractivity contribution in [2.75, 3.05) is 14.2 Å². The van der Waals surface area contributed by atoms with Crippen molar-refractivity contribution in [3.05, 3.63) is 35.9 Å². The molecule has 1 rings (SSSR count). The molecule has 1 aromatic carbocycles. The second-order valence-electron chi connectivity index (χ2n) is 3.62. The monoisotopic (exact) mass is 237 g/mol. The third-order valence-corrected chi connectivity index (χ3v) is 2.49. The van der Waals surface area contributed by atoms with Crippen LogP contribution in [0.1, 0.15) is 5.56 Å². The van der Waals surface area contributed by atoms with Crippen molar-refractivity contribution < 1.29 is 19.4 Å². The zero-order valence-electron chi connectivity index (χ0n) is 9.79. The average Bonchev–Trinajstić information content (AvgIpc) is 2.35. The van der Waals surface area contributed by atoms with Gasteiger partial charge in [0.2, 0.25) is 0 Å². The minimum absolute atomic E-state index is 0.252. The molecule has 0 aromatic heterocycles. The number of benzene rings is 1. The van der Waals surface area contributed by atoms with E-state index in [4.69, 9.17) is 5.11 Å². The third kappa shape index (κ3) is 3.48. The van der Waals surface area contributed by atoms with E-state index in [9.17, 15) is 9.59 Å². The molecule has 0 spiro atoms. The Kier molecular flexibility index (Phi) is 4.51. The van der Waals surface area contributed by atoms with Gasteiger partial charge >= 0.3 is 12.1 Å². The zero-order chi connectivity index (χ0) is 12.8. The molecule has 0 radical (unpaired) electrons. The summed E-state index contributed by atoms with van der Waals surface area (Å²) in [5.41, 5.74) is 0.857. The molecule has 0 aliphatic carbocycles. The molecule has 5 heteroatoms. The molecule has 0 aliphatic rings. The van der Waals surface area contributed by atoms with Gasteiger partial charge in [-0.05, 0) is 5.56 Å². The summed E-state index contributed by atoms with van der Waals surface area (Å²) >= 11 is 0. The van der Waals surface area contributed by atoms with E-state index in [0.29, 0.717) is 0 Å². The number of hydrogen-bond donors (Lipinski definition) is 1. The molecule has 1 atom stereocenters. The first kappa shape index (κ1) is 13.0. The van der Waals surface area contributed by atoms with Gasteiger partial charge in [0.15, 0.2) is 0 Å². The van der Waals surface area contributed by atoms with Crippen molar-refractivity contribution >= 4 is 12.1 Å². The van der Waals surface area contributed by atoms with Gasteiger partial charge in [0.1, 0.15) is 6.04 Å². The topological polar surface area (TPSA) is 66.8 Å². The van der Waals surface area contributed by atoms with E-state index < -0.39 is 18.1 Å². The number of ether oxygens (including phenoxy) is 1. The minimum Gasteiger partial charge on any atom is -0.480 e. The predicted molar refractivity (Wildman–Crippen MR) is 61.7 cm³/mol. The lowest BCUT2D eigenvalue weighted by Crippen LogP contribution is -2.43. The summed E-state index contributed by atoms with van der Waals surface area (Å²) in [5, 5.41) is 9.10. The maximum Gasteiger partial charge on any atom is 0.409 e. The van der Waals surface area contributed by atoms with Gasteiger partial charge in [0, 0.05) is 13.5 Å².